The molecule has 0 unspecified atom stereocenters. The van der Waals surface area contributed by atoms with Crippen LogP contribution in [0.4, 0.5) is 5.69 Å². The van der Waals surface area contributed by atoms with Crippen molar-refractivity contribution in [1.82, 2.24) is 25.1 Å². The zero-order valence-electron chi connectivity index (χ0n) is 20.1. The summed E-state index contributed by atoms with van der Waals surface area (Å²) in [6, 6.07) is 15.0. The van der Waals surface area contributed by atoms with Crippen LogP contribution in [0.1, 0.15) is 30.7 Å². The van der Waals surface area contributed by atoms with Crippen molar-refractivity contribution in [2.45, 2.75) is 26.8 Å². The van der Waals surface area contributed by atoms with E-state index in [1.54, 1.807) is 12.3 Å². The summed E-state index contributed by atoms with van der Waals surface area (Å²) in [5.41, 5.74) is 10.2. The van der Waals surface area contributed by atoms with Gasteiger partial charge in [0.1, 0.15) is 5.69 Å². The van der Waals surface area contributed by atoms with Crippen molar-refractivity contribution in [3.05, 3.63) is 103 Å². The number of H-pyrrole nitrogens is 2. The molecule has 35 heavy (non-hydrogen) atoms. The van der Waals surface area contributed by atoms with Gasteiger partial charge < -0.3 is 10.3 Å². The molecule has 4 heterocycles. The van der Waals surface area contributed by atoms with E-state index in [0.29, 0.717) is 6.04 Å². The summed E-state index contributed by atoms with van der Waals surface area (Å²) in [6.45, 7) is 10.2. The number of nitrogens with zero attached hydrogens (tertiary/aromatic N) is 3. The Morgan fingerprint density at radius 1 is 1.03 bits per heavy atom. The average molecular weight is 461 g/mol. The van der Waals surface area contributed by atoms with Gasteiger partial charge in [-0.25, -0.2) is 0 Å². The van der Waals surface area contributed by atoms with Crippen molar-refractivity contribution < 1.29 is 0 Å². The number of pyridine rings is 2. The topological polar surface area (TPSA) is 82.3 Å². The summed E-state index contributed by atoms with van der Waals surface area (Å²) in [7, 11) is 0. The number of benzene rings is 1. The van der Waals surface area contributed by atoms with Crippen LogP contribution in [-0.4, -0.2) is 31.2 Å². The maximum atomic E-state index is 4.65. The molecule has 1 aromatic carbocycles. The van der Waals surface area contributed by atoms with Crippen LogP contribution in [0, 0.1) is 6.92 Å². The van der Waals surface area contributed by atoms with Gasteiger partial charge in [0.05, 0.1) is 16.9 Å². The van der Waals surface area contributed by atoms with E-state index < -0.39 is 0 Å². The van der Waals surface area contributed by atoms with Crippen LogP contribution in [0.25, 0.3) is 39.0 Å². The molecule has 0 saturated heterocycles. The molecule has 6 nitrogen and oxygen atoms in total. The van der Waals surface area contributed by atoms with Gasteiger partial charge in [-0.05, 0) is 62.2 Å². The number of hydrogen-bond acceptors (Lipinski definition) is 4. The molecule has 5 aromatic rings. The second kappa shape index (κ2) is 9.43. The van der Waals surface area contributed by atoms with E-state index >= 15 is 0 Å². The first kappa shape index (κ1) is 22.3. The smallest absolute Gasteiger partial charge is 0.116 e. The predicted octanol–water partition coefficient (Wildman–Crippen LogP) is 6.76. The summed E-state index contributed by atoms with van der Waals surface area (Å²) in [5.74, 6) is 0. The lowest BCUT2D eigenvalue weighted by molar-refractivity contribution is 0.898. The van der Waals surface area contributed by atoms with Gasteiger partial charge in [-0.1, -0.05) is 30.9 Å². The van der Waals surface area contributed by atoms with E-state index in [1.807, 2.05) is 30.7 Å². The number of hydrogen-bond donors (Lipinski definition) is 3. The van der Waals surface area contributed by atoms with Gasteiger partial charge in [-0.15, -0.1) is 0 Å². The highest BCUT2D eigenvalue weighted by Gasteiger charge is 2.16. The molecule has 174 valence electrons. The molecule has 3 N–H and O–H groups in total. The maximum absolute atomic E-state index is 4.65. The molecule has 4 aromatic heterocycles. The van der Waals surface area contributed by atoms with Gasteiger partial charge in [0.25, 0.3) is 0 Å². The molecule has 0 atom stereocenters. The highest BCUT2D eigenvalue weighted by Crippen LogP contribution is 2.34. The minimum Gasteiger partial charge on any atom is -0.382 e. The molecule has 0 spiro atoms. The molecular formula is C29H28N6. The fraction of sp³-hybridized carbons (Fsp3) is 0.138. The SMILES string of the molecule is C=C/C=C(/c1cccnc1)c1cc(-c2n[nH]c3ccc(-c4cncc(NC(C)C)c4)cc23)[nH]c1C. The summed E-state index contributed by atoms with van der Waals surface area (Å²) >= 11 is 0. The third-order valence-electron chi connectivity index (χ3n) is 5.91. The van der Waals surface area contributed by atoms with E-state index in [4.69, 9.17) is 0 Å². The summed E-state index contributed by atoms with van der Waals surface area (Å²) < 4.78 is 0. The van der Waals surface area contributed by atoms with Crippen molar-refractivity contribution >= 4 is 22.2 Å². The maximum Gasteiger partial charge on any atom is 0.116 e. The van der Waals surface area contributed by atoms with Crippen molar-refractivity contribution in [2.24, 2.45) is 0 Å². The largest absolute Gasteiger partial charge is 0.382 e. The van der Waals surface area contributed by atoms with Gasteiger partial charge in [-0.2, -0.15) is 5.10 Å². The van der Waals surface area contributed by atoms with Crippen molar-refractivity contribution in [3.63, 3.8) is 0 Å². The van der Waals surface area contributed by atoms with Gasteiger partial charge in [0.15, 0.2) is 0 Å². The van der Waals surface area contributed by atoms with Crippen LogP contribution in [0.15, 0.2) is 86.0 Å². The van der Waals surface area contributed by atoms with Gasteiger partial charge in [0, 0.05) is 58.6 Å². The fourth-order valence-electron chi connectivity index (χ4n) is 4.36. The zero-order valence-corrected chi connectivity index (χ0v) is 20.1. The normalized spacial score (nSPS) is 11.8. The van der Waals surface area contributed by atoms with Crippen LogP contribution in [0.3, 0.4) is 0 Å². The number of allylic oxidation sites excluding steroid dienone is 2. The minimum atomic E-state index is 0.340. The van der Waals surface area contributed by atoms with E-state index in [2.05, 4.69) is 94.2 Å². The number of rotatable bonds is 7. The van der Waals surface area contributed by atoms with Gasteiger partial charge in [0.2, 0.25) is 0 Å². The number of anilines is 1. The standard InChI is InChI=1S/C29H28N6/c1-5-7-24(21-8-6-11-30-15-21)25-14-28(33-19(25)4)29-26-13-20(9-10-27(26)34-35-29)22-12-23(17-31-16-22)32-18(2)3/h5-18,32-33H,1H2,2-4H3,(H,34,35)/b24-7-. The zero-order chi connectivity index (χ0) is 24.4. The second-order valence-corrected chi connectivity index (χ2v) is 8.87. The van der Waals surface area contributed by atoms with Crippen molar-refractivity contribution in [1.29, 1.82) is 0 Å². The third kappa shape index (κ3) is 4.51. The minimum absolute atomic E-state index is 0.340. The van der Waals surface area contributed by atoms with Crippen molar-refractivity contribution in [2.75, 3.05) is 5.32 Å². The van der Waals surface area contributed by atoms with Gasteiger partial charge >= 0.3 is 0 Å². The average Bonchev–Trinajstić information content (AvgIpc) is 3.45. The van der Waals surface area contributed by atoms with Crippen LogP contribution in [-0.2, 0) is 0 Å². The Hall–Kier alpha value is -4.45. The molecule has 5 rings (SSSR count). The fourth-order valence-corrected chi connectivity index (χ4v) is 4.36. The predicted molar refractivity (Wildman–Crippen MR) is 144 cm³/mol. The number of aryl methyl sites for hydroxylation is 1. The van der Waals surface area contributed by atoms with Crippen LogP contribution in [0.5, 0.6) is 0 Å². The summed E-state index contributed by atoms with van der Waals surface area (Å²) in [5, 5.41) is 12.3. The van der Waals surface area contributed by atoms with E-state index in [0.717, 1.165) is 61.5 Å². The third-order valence-corrected chi connectivity index (χ3v) is 5.91. The molecular weight excluding hydrogens is 432 g/mol. The Morgan fingerprint density at radius 2 is 1.91 bits per heavy atom. The molecule has 0 saturated carbocycles. The Balaban J connectivity index is 1.57. The number of fused-ring (bicyclic) bond motifs is 1. The van der Waals surface area contributed by atoms with Crippen molar-refractivity contribution in [3.8, 4) is 22.5 Å². The van der Waals surface area contributed by atoms with Crippen LogP contribution in [0.2, 0.25) is 0 Å². The lowest BCUT2D eigenvalue weighted by Crippen LogP contribution is -2.09. The van der Waals surface area contributed by atoms with E-state index in [1.165, 1.54) is 0 Å². The molecule has 0 bridgehead atoms. The Bertz CT molecular complexity index is 1520. The first-order valence-corrected chi connectivity index (χ1v) is 11.7. The quantitative estimate of drug-likeness (QED) is 0.234. The lowest BCUT2D eigenvalue weighted by Gasteiger charge is -2.11. The highest BCUT2D eigenvalue weighted by molar-refractivity contribution is 5.96. The second-order valence-electron chi connectivity index (χ2n) is 8.87. The molecule has 0 fully saturated rings. The van der Waals surface area contributed by atoms with Crippen LogP contribution >= 0.6 is 0 Å². The molecule has 6 heteroatoms. The van der Waals surface area contributed by atoms with Crippen LogP contribution < -0.4 is 5.32 Å². The summed E-state index contributed by atoms with van der Waals surface area (Å²) in [6.07, 6.45) is 11.2. The molecule has 0 amide bonds. The number of aromatic amines is 2. The molecule has 0 radical (unpaired) electrons. The Morgan fingerprint density at radius 3 is 2.69 bits per heavy atom. The molecule has 0 aliphatic heterocycles. The lowest BCUT2D eigenvalue weighted by atomic mass is 9.98. The molecule has 0 aliphatic carbocycles. The summed E-state index contributed by atoms with van der Waals surface area (Å²) in [4.78, 5) is 12.3. The molecule has 0 aliphatic rings. The van der Waals surface area contributed by atoms with E-state index in [9.17, 15) is 0 Å². The highest BCUT2D eigenvalue weighted by atomic mass is 15.1. The number of nitrogens with one attached hydrogen (secondary N) is 3. The first-order chi connectivity index (χ1) is 17.0. The Kier molecular flexibility index (Phi) is 6.02. The Labute approximate surface area is 204 Å². The van der Waals surface area contributed by atoms with E-state index in [-0.39, 0.29) is 0 Å². The van der Waals surface area contributed by atoms with Gasteiger partial charge in [-0.3, -0.25) is 15.1 Å². The monoisotopic (exact) mass is 460 g/mol. The number of aromatic nitrogens is 5. The first-order valence-electron chi connectivity index (χ1n) is 11.7.